The third kappa shape index (κ3) is 10.9. The molecule has 0 bridgehead atoms. The monoisotopic (exact) mass is 550 g/mol. The van der Waals surface area contributed by atoms with Crippen LogP contribution in [0.15, 0.2) is 54.6 Å². The topological polar surface area (TPSA) is 103 Å². The number of nitrogens with zero attached hydrogens (tertiary/aromatic N) is 1. The SMILES string of the molecule is O=C(N[C@@H]1CCOc2ccccc21)C(Cc1ccccc1)CC(O)CN1CCNCC1.O=CNCC(F)(F)F. The zero-order valence-electron chi connectivity index (χ0n) is 21.8. The Morgan fingerprint density at radius 1 is 1.13 bits per heavy atom. The van der Waals surface area contributed by atoms with Crippen molar-refractivity contribution < 1.29 is 32.6 Å². The second kappa shape index (κ2) is 15.4. The van der Waals surface area contributed by atoms with Gasteiger partial charge in [0.2, 0.25) is 12.3 Å². The quantitative estimate of drug-likeness (QED) is 0.339. The van der Waals surface area contributed by atoms with Crippen molar-refractivity contribution >= 4 is 12.3 Å². The van der Waals surface area contributed by atoms with Crippen LogP contribution < -0.4 is 20.7 Å². The highest BCUT2D eigenvalue weighted by molar-refractivity contribution is 5.79. The molecule has 2 aromatic carbocycles. The molecule has 2 amide bonds. The van der Waals surface area contributed by atoms with E-state index >= 15 is 0 Å². The van der Waals surface area contributed by atoms with E-state index < -0.39 is 18.8 Å². The first-order valence-electron chi connectivity index (χ1n) is 13.2. The number of piperazine rings is 1. The zero-order valence-corrected chi connectivity index (χ0v) is 21.8. The number of carbonyl (C=O) groups excluding carboxylic acids is 2. The van der Waals surface area contributed by atoms with E-state index in [4.69, 9.17) is 4.74 Å². The van der Waals surface area contributed by atoms with E-state index in [1.54, 1.807) is 0 Å². The first kappa shape index (κ1) is 30.4. The second-order valence-electron chi connectivity index (χ2n) is 9.68. The minimum absolute atomic E-state index is 0.00455. The molecule has 8 nitrogen and oxygen atoms in total. The molecule has 0 aromatic heterocycles. The Kier molecular flexibility index (Phi) is 12.0. The second-order valence-corrected chi connectivity index (χ2v) is 9.68. The normalized spacial score (nSPS) is 18.8. The highest BCUT2D eigenvalue weighted by atomic mass is 19.4. The maximum atomic E-state index is 13.4. The Labute approximate surface area is 226 Å². The summed E-state index contributed by atoms with van der Waals surface area (Å²) in [6, 6.07) is 17.9. The van der Waals surface area contributed by atoms with Gasteiger partial charge >= 0.3 is 6.18 Å². The van der Waals surface area contributed by atoms with Crippen molar-refractivity contribution in [2.24, 2.45) is 5.92 Å². The van der Waals surface area contributed by atoms with Crippen LogP contribution in [0.1, 0.15) is 30.0 Å². The average Bonchev–Trinajstić information content (AvgIpc) is 2.93. The van der Waals surface area contributed by atoms with Crippen LogP contribution in [0.5, 0.6) is 5.75 Å². The number of nitrogens with one attached hydrogen (secondary N) is 3. The molecule has 0 radical (unpaired) electrons. The van der Waals surface area contributed by atoms with E-state index in [2.05, 4.69) is 15.5 Å². The Bertz CT molecular complexity index is 1020. The third-order valence-electron chi connectivity index (χ3n) is 6.59. The van der Waals surface area contributed by atoms with Crippen LogP contribution >= 0.6 is 0 Å². The zero-order chi connectivity index (χ0) is 28.1. The summed E-state index contributed by atoms with van der Waals surface area (Å²) in [5, 5.41) is 18.9. The van der Waals surface area contributed by atoms with Crippen LogP contribution in [-0.2, 0) is 16.0 Å². The average molecular weight is 551 g/mol. The number of hydrogen-bond acceptors (Lipinski definition) is 6. The van der Waals surface area contributed by atoms with Gasteiger partial charge < -0.3 is 25.8 Å². The highest BCUT2D eigenvalue weighted by Crippen LogP contribution is 2.32. The highest BCUT2D eigenvalue weighted by Gasteiger charge is 2.29. The first-order valence-corrected chi connectivity index (χ1v) is 13.2. The largest absolute Gasteiger partial charge is 0.493 e. The number of rotatable bonds is 10. The summed E-state index contributed by atoms with van der Waals surface area (Å²) in [4.78, 5) is 24.9. The molecule has 214 valence electrons. The molecule has 2 unspecified atom stereocenters. The number of alkyl halides is 3. The molecule has 1 fully saturated rings. The first-order chi connectivity index (χ1) is 18.7. The molecule has 2 aliphatic heterocycles. The molecule has 2 aliphatic rings. The van der Waals surface area contributed by atoms with E-state index in [1.807, 2.05) is 54.6 Å². The number of ether oxygens (including phenoxy) is 1. The van der Waals surface area contributed by atoms with Gasteiger partial charge in [0.25, 0.3) is 0 Å². The number of benzene rings is 2. The van der Waals surface area contributed by atoms with Gasteiger partial charge in [0.1, 0.15) is 12.3 Å². The fraction of sp³-hybridized carbons (Fsp3) is 0.500. The van der Waals surface area contributed by atoms with Crippen molar-refractivity contribution in [1.29, 1.82) is 0 Å². The lowest BCUT2D eigenvalue weighted by atomic mass is 9.91. The number of hydrogen-bond donors (Lipinski definition) is 4. The van der Waals surface area contributed by atoms with Crippen LogP contribution in [0.3, 0.4) is 0 Å². The van der Waals surface area contributed by atoms with E-state index in [1.165, 1.54) is 5.32 Å². The molecule has 39 heavy (non-hydrogen) atoms. The molecule has 0 spiro atoms. The van der Waals surface area contributed by atoms with Crippen LogP contribution in [0, 0.1) is 5.92 Å². The molecule has 4 rings (SSSR count). The standard InChI is InChI=1S/C25H33N3O3.C3H4F3NO/c29-21(18-28-13-11-26-12-14-28)17-20(16-19-6-2-1-3-7-19)25(30)27-23-10-15-31-24-9-5-4-8-22(23)24;4-3(5,6)1-7-2-8/h1-9,20-21,23,26,29H,10-18H2,(H,27,30);2H,1H2,(H,7,8)/t20?,21?,23-;/m1./s1. The molecule has 0 saturated carbocycles. The van der Waals surface area contributed by atoms with E-state index in [0.29, 0.717) is 26.0 Å². The number of aliphatic hydroxyl groups is 1. The Morgan fingerprint density at radius 2 is 1.82 bits per heavy atom. The molecular formula is C28H37F3N4O4. The lowest BCUT2D eigenvalue weighted by molar-refractivity contribution is -0.132. The van der Waals surface area contributed by atoms with Crippen LogP contribution in [0.4, 0.5) is 13.2 Å². The van der Waals surface area contributed by atoms with Gasteiger partial charge in [0.05, 0.1) is 18.8 Å². The maximum absolute atomic E-state index is 13.4. The summed E-state index contributed by atoms with van der Waals surface area (Å²) >= 11 is 0. The molecule has 0 aliphatic carbocycles. The van der Waals surface area contributed by atoms with Gasteiger partial charge in [-0.3, -0.25) is 14.5 Å². The number of aliphatic hydroxyl groups excluding tert-OH is 1. The molecule has 2 aromatic rings. The number of fused-ring (bicyclic) bond motifs is 1. The maximum Gasteiger partial charge on any atom is 0.405 e. The van der Waals surface area contributed by atoms with Gasteiger partial charge in [-0.05, 0) is 24.5 Å². The minimum atomic E-state index is -4.29. The number of β-amino-alcohol motifs (C(OH)–C–C–N with tert-alkyl or cyclic N) is 1. The van der Waals surface area contributed by atoms with Gasteiger partial charge in [-0.15, -0.1) is 0 Å². The summed E-state index contributed by atoms with van der Waals surface area (Å²) in [5.74, 6) is 0.567. The number of para-hydroxylation sites is 1. The fourth-order valence-corrected chi connectivity index (χ4v) is 4.72. The predicted octanol–water partition coefficient (Wildman–Crippen LogP) is 2.44. The van der Waals surface area contributed by atoms with Gasteiger partial charge in [0.15, 0.2) is 0 Å². The van der Waals surface area contributed by atoms with Crippen molar-refractivity contribution in [3.8, 4) is 5.75 Å². The van der Waals surface area contributed by atoms with Gasteiger partial charge in [-0.25, -0.2) is 0 Å². The van der Waals surface area contributed by atoms with E-state index in [0.717, 1.165) is 49.5 Å². The van der Waals surface area contributed by atoms with Crippen LogP contribution in [0.25, 0.3) is 0 Å². The minimum Gasteiger partial charge on any atom is -0.493 e. The third-order valence-corrected chi connectivity index (χ3v) is 6.59. The van der Waals surface area contributed by atoms with Gasteiger partial charge in [-0.1, -0.05) is 48.5 Å². The summed E-state index contributed by atoms with van der Waals surface area (Å²) in [6.45, 7) is 3.72. The summed E-state index contributed by atoms with van der Waals surface area (Å²) in [6.07, 6.45) is -2.98. The fourth-order valence-electron chi connectivity index (χ4n) is 4.72. The van der Waals surface area contributed by atoms with Gasteiger partial charge in [-0.2, -0.15) is 13.2 Å². The summed E-state index contributed by atoms with van der Waals surface area (Å²) in [5.41, 5.74) is 2.14. The predicted molar refractivity (Wildman–Crippen MR) is 141 cm³/mol. The van der Waals surface area contributed by atoms with Gasteiger partial charge in [0, 0.05) is 50.6 Å². The van der Waals surface area contributed by atoms with Crippen LogP contribution in [-0.4, -0.2) is 80.5 Å². The lowest BCUT2D eigenvalue weighted by Gasteiger charge is -2.31. The summed E-state index contributed by atoms with van der Waals surface area (Å²) in [7, 11) is 0. The molecule has 4 N–H and O–H groups in total. The number of amides is 2. The van der Waals surface area contributed by atoms with Crippen molar-refractivity contribution in [1.82, 2.24) is 20.9 Å². The smallest absolute Gasteiger partial charge is 0.405 e. The molecule has 3 atom stereocenters. The molecular weight excluding hydrogens is 513 g/mol. The molecule has 2 heterocycles. The molecule has 1 saturated heterocycles. The van der Waals surface area contributed by atoms with Crippen molar-refractivity contribution in [2.75, 3.05) is 45.9 Å². The van der Waals surface area contributed by atoms with Crippen LogP contribution in [0.2, 0.25) is 0 Å². The number of halogens is 3. The summed E-state index contributed by atoms with van der Waals surface area (Å²) < 4.78 is 38.8. The lowest BCUT2D eigenvalue weighted by Crippen LogP contribution is -2.47. The van der Waals surface area contributed by atoms with E-state index in [9.17, 15) is 27.9 Å². The van der Waals surface area contributed by atoms with Crippen molar-refractivity contribution in [3.63, 3.8) is 0 Å². The van der Waals surface area contributed by atoms with E-state index in [-0.39, 0.29) is 24.3 Å². The van der Waals surface area contributed by atoms with Crippen molar-refractivity contribution in [2.45, 2.75) is 37.6 Å². The van der Waals surface area contributed by atoms with Crippen molar-refractivity contribution in [3.05, 3.63) is 65.7 Å². The number of carbonyl (C=O) groups is 2. The Balaban J connectivity index is 0.000000459. The Hall–Kier alpha value is -3.15. The molecule has 11 heteroatoms. The Morgan fingerprint density at radius 3 is 2.49 bits per heavy atom.